The molecule has 0 saturated heterocycles. The molecule has 0 amide bonds. The number of para-hydroxylation sites is 1. The molecule has 3 aromatic rings. The molecule has 100 valence electrons. The summed E-state index contributed by atoms with van der Waals surface area (Å²) in [5.41, 5.74) is 2.82. The molecule has 0 radical (unpaired) electrons. The Bertz CT molecular complexity index is 776. The van der Waals surface area contributed by atoms with Crippen LogP contribution < -0.4 is 4.90 Å². The van der Waals surface area contributed by atoms with Gasteiger partial charge >= 0.3 is 0 Å². The molecule has 3 rings (SSSR count). The molecule has 5 heteroatoms. The average molecular weight is 332 g/mol. The van der Waals surface area contributed by atoms with Gasteiger partial charge in [0.1, 0.15) is 11.3 Å². The number of hydrogen-bond acceptors (Lipinski definition) is 3. The molecule has 0 fully saturated rings. The maximum absolute atomic E-state index is 13.9. The zero-order valence-electron chi connectivity index (χ0n) is 10.7. The Kier molecular flexibility index (Phi) is 3.36. The van der Waals surface area contributed by atoms with Gasteiger partial charge < -0.3 is 4.90 Å². The summed E-state index contributed by atoms with van der Waals surface area (Å²) in [7, 11) is 1.82. The fraction of sp³-hybridized carbons (Fsp3) is 0.0667. The third-order valence-corrected chi connectivity index (χ3v) is 3.53. The van der Waals surface area contributed by atoms with E-state index in [1.165, 1.54) is 6.07 Å². The van der Waals surface area contributed by atoms with Crippen LogP contribution >= 0.6 is 15.9 Å². The van der Waals surface area contributed by atoms with Gasteiger partial charge in [0.2, 0.25) is 0 Å². The molecule has 1 aromatic carbocycles. The van der Waals surface area contributed by atoms with Crippen molar-refractivity contribution >= 4 is 38.3 Å². The zero-order chi connectivity index (χ0) is 14.1. The minimum Gasteiger partial charge on any atom is -0.340 e. The Hall–Kier alpha value is -2.01. The topological polar surface area (TPSA) is 29.0 Å². The van der Waals surface area contributed by atoms with Gasteiger partial charge in [-0.25, -0.2) is 4.39 Å². The second-order valence-electron chi connectivity index (χ2n) is 4.36. The summed E-state index contributed by atoms with van der Waals surface area (Å²) in [6.45, 7) is 0. The van der Waals surface area contributed by atoms with Crippen molar-refractivity contribution in [2.45, 2.75) is 0 Å². The lowest BCUT2D eigenvalue weighted by Gasteiger charge is -2.21. The number of rotatable bonds is 2. The first-order chi connectivity index (χ1) is 9.66. The number of fused-ring (bicyclic) bond motifs is 1. The van der Waals surface area contributed by atoms with Crippen LogP contribution in [0.15, 0.2) is 53.3 Å². The molecular weight excluding hydrogens is 321 g/mol. The van der Waals surface area contributed by atoms with Gasteiger partial charge in [0, 0.05) is 23.9 Å². The third kappa shape index (κ3) is 2.25. The Morgan fingerprint density at radius 3 is 2.70 bits per heavy atom. The van der Waals surface area contributed by atoms with Gasteiger partial charge in [-0.15, -0.1) is 0 Å². The van der Waals surface area contributed by atoms with Crippen molar-refractivity contribution in [1.29, 1.82) is 0 Å². The van der Waals surface area contributed by atoms with Gasteiger partial charge in [-0.1, -0.05) is 12.1 Å². The van der Waals surface area contributed by atoms with E-state index in [9.17, 15) is 4.39 Å². The van der Waals surface area contributed by atoms with Crippen LogP contribution in [0.4, 0.5) is 15.8 Å². The van der Waals surface area contributed by atoms with Crippen molar-refractivity contribution in [2.75, 3.05) is 11.9 Å². The van der Waals surface area contributed by atoms with Crippen LogP contribution in [0.5, 0.6) is 0 Å². The molecule has 0 N–H and O–H groups in total. The molecule has 0 aliphatic rings. The Morgan fingerprint density at radius 1 is 1.10 bits per heavy atom. The molecule has 3 nitrogen and oxygen atoms in total. The van der Waals surface area contributed by atoms with E-state index in [2.05, 4.69) is 25.9 Å². The summed E-state index contributed by atoms with van der Waals surface area (Å²) in [6.07, 6.45) is 3.41. The van der Waals surface area contributed by atoms with E-state index in [0.717, 1.165) is 21.2 Å². The third-order valence-electron chi connectivity index (χ3n) is 3.10. The lowest BCUT2D eigenvalue weighted by atomic mass is 10.2. The van der Waals surface area contributed by atoms with Gasteiger partial charge in [0.25, 0.3) is 0 Å². The maximum Gasteiger partial charge on any atom is 0.146 e. The molecule has 0 unspecified atom stereocenters. The first kappa shape index (κ1) is 13.0. The summed E-state index contributed by atoms with van der Waals surface area (Å²) in [4.78, 5) is 10.4. The molecule has 0 aliphatic heterocycles. The molecule has 0 spiro atoms. The molecule has 2 aromatic heterocycles. The van der Waals surface area contributed by atoms with Gasteiger partial charge in [-0.05, 0) is 40.2 Å². The van der Waals surface area contributed by atoms with Crippen molar-refractivity contribution in [3.05, 3.63) is 59.1 Å². The molecule has 0 aliphatic carbocycles. The monoisotopic (exact) mass is 331 g/mol. The normalized spacial score (nSPS) is 10.8. The van der Waals surface area contributed by atoms with E-state index in [4.69, 9.17) is 0 Å². The molecule has 0 saturated carbocycles. The van der Waals surface area contributed by atoms with Crippen molar-refractivity contribution < 1.29 is 4.39 Å². The van der Waals surface area contributed by atoms with E-state index in [1.54, 1.807) is 29.4 Å². The van der Waals surface area contributed by atoms with E-state index in [0.29, 0.717) is 5.69 Å². The van der Waals surface area contributed by atoms with E-state index < -0.39 is 0 Å². The predicted molar refractivity (Wildman–Crippen MR) is 81.7 cm³/mol. The highest BCUT2D eigenvalue weighted by atomic mass is 79.9. The second kappa shape index (κ2) is 5.17. The van der Waals surface area contributed by atoms with Gasteiger partial charge in [-0.2, -0.15) is 0 Å². The van der Waals surface area contributed by atoms with Crippen molar-refractivity contribution in [3.8, 4) is 0 Å². The van der Waals surface area contributed by atoms with E-state index >= 15 is 0 Å². The summed E-state index contributed by atoms with van der Waals surface area (Å²) < 4.78 is 14.8. The second-order valence-corrected chi connectivity index (χ2v) is 5.28. The molecule has 2 heterocycles. The Morgan fingerprint density at radius 2 is 1.90 bits per heavy atom. The molecule has 0 atom stereocenters. The van der Waals surface area contributed by atoms with Crippen molar-refractivity contribution in [1.82, 2.24) is 9.97 Å². The minimum absolute atomic E-state index is 0.267. The largest absolute Gasteiger partial charge is 0.340 e. The first-order valence-corrected chi connectivity index (χ1v) is 6.84. The Balaban J connectivity index is 2.17. The van der Waals surface area contributed by atoms with E-state index in [1.807, 2.05) is 25.2 Å². The zero-order valence-corrected chi connectivity index (χ0v) is 12.3. The number of halogens is 2. The highest BCUT2D eigenvalue weighted by Crippen LogP contribution is 2.30. The van der Waals surface area contributed by atoms with E-state index in [-0.39, 0.29) is 5.82 Å². The molecule has 20 heavy (non-hydrogen) atoms. The maximum atomic E-state index is 13.9. The lowest BCUT2D eigenvalue weighted by molar-refractivity contribution is 0.627. The number of anilines is 2. The predicted octanol–water partition coefficient (Wildman–Crippen LogP) is 4.30. The van der Waals surface area contributed by atoms with Crippen LogP contribution in [-0.2, 0) is 0 Å². The lowest BCUT2D eigenvalue weighted by Crippen LogP contribution is -2.12. The van der Waals surface area contributed by atoms with Crippen LogP contribution in [-0.4, -0.2) is 17.0 Å². The van der Waals surface area contributed by atoms with Crippen molar-refractivity contribution in [3.63, 3.8) is 0 Å². The number of benzene rings is 1. The summed E-state index contributed by atoms with van der Waals surface area (Å²) >= 11 is 3.37. The molecule has 0 bridgehead atoms. The quantitative estimate of drug-likeness (QED) is 0.701. The summed E-state index contributed by atoms with van der Waals surface area (Å²) in [5.74, 6) is -0.267. The van der Waals surface area contributed by atoms with Crippen LogP contribution in [0.1, 0.15) is 0 Å². The number of hydrogen-bond donors (Lipinski definition) is 0. The van der Waals surface area contributed by atoms with Crippen LogP contribution in [0.25, 0.3) is 11.0 Å². The summed E-state index contributed by atoms with van der Waals surface area (Å²) in [5, 5.41) is 0. The fourth-order valence-corrected chi connectivity index (χ4v) is 2.43. The number of nitrogens with zero attached hydrogens (tertiary/aromatic N) is 3. The first-order valence-electron chi connectivity index (χ1n) is 6.05. The fourth-order valence-electron chi connectivity index (χ4n) is 2.12. The van der Waals surface area contributed by atoms with Gasteiger partial charge in [0.15, 0.2) is 0 Å². The average Bonchev–Trinajstić information content (AvgIpc) is 2.46. The molecular formula is C15H11BrFN3. The van der Waals surface area contributed by atoms with Crippen LogP contribution in [0.2, 0.25) is 0 Å². The summed E-state index contributed by atoms with van der Waals surface area (Å²) in [6, 6.07) is 10.4. The number of aromatic nitrogens is 2. The van der Waals surface area contributed by atoms with Gasteiger partial charge in [-0.3, -0.25) is 9.97 Å². The standard InChI is InChI=1S/C15H11BrFN3/c1-20(13-5-3-2-4-11(13)17)14-6-7-18-12-8-10(16)9-19-15(12)14/h2-9H,1H3. The van der Waals surface area contributed by atoms with Crippen LogP contribution in [0.3, 0.4) is 0 Å². The SMILES string of the molecule is CN(c1ccccc1F)c1ccnc2cc(Br)cnc12. The minimum atomic E-state index is -0.267. The van der Waals surface area contributed by atoms with Crippen LogP contribution in [0, 0.1) is 5.82 Å². The highest BCUT2D eigenvalue weighted by molar-refractivity contribution is 9.10. The number of pyridine rings is 2. The van der Waals surface area contributed by atoms with Gasteiger partial charge in [0.05, 0.1) is 16.9 Å². The smallest absolute Gasteiger partial charge is 0.146 e. The Labute approximate surface area is 124 Å². The van der Waals surface area contributed by atoms with Crippen molar-refractivity contribution in [2.24, 2.45) is 0 Å². The highest BCUT2D eigenvalue weighted by Gasteiger charge is 2.13.